The lowest BCUT2D eigenvalue weighted by atomic mass is 10.0. The van der Waals surface area contributed by atoms with Gasteiger partial charge in [0.25, 0.3) is 14.4 Å². The number of carbonyl (C=O) groups is 1. The third-order valence-corrected chi connectivity index (χ3v) is 8.62. The first-order chi connectivity index (χ1) is 19.1. The van der Waals surface area contributed by atoms with Gasteiger partial charge in [-0.3, -0.25) is 9.36 Å². The lowest BCUT2D eigenvalue weighted by Gasteiger charge is -2.37. The average molecular weight is 559 g/mol. The molecule has 1 amide bonds. The van der Waals surface area contributed by atoms with E-state index in [2.05, 4.69) is 19.8 Å². The van der Waals surface area contributed by atoms with E-state index in [1.165, 1.54) is 4.57 Å². The highest BCUT2D eigenvalue weighted by atomic mass is 31.2. The molecule has 12 heteroatoms. The van der Waals surface area contributed by atoms with Crippen molar-refractivity contribution < 1.29 is 24.7 Å². The van der Waals surface area contributed by atoms with E-state index in [-0.39, 0.29) is 50.5 Å². The average Bonchev–Trinajstić information content (AvgIpc) is 3.42. The smallest absolute Gasteiger partial charge is 0.351 e. The van der Waals surface area contributed by atoms with Crippen molar-refractivity contribution in [1.29, 1.82) is 0 Å². The quantitative estimate of drug-likeness (QED) is 0.249. The lowest BCUT2D eigenvalue weighted by Crippen LogP contribution is -2.40. The monoisotopic (exact) mass is 558 g/mol. The van der Waals surface area contributed by atoms with Gasteiger partial charge in [-0.05, 0) is 53.7 Å². The Hall–Kier alpha value is -2.71. The van der Waals surface area contributed by atoms with E-state index in [9.17, 15) is 9.59 Å². The molecule has 2 aliphatic heterocycles. The van der Waals surface area contributed by atoms with Crippen molar-refractivity contribution in [1.82, 2.24) is 14.2 Å². The Morgan fingerprint density at radius 1 is 1.36 bits per heavy atom. The van der Waals surface area contributed by atoms with Gasteiger partial charge in [0.15, 0.2) is 6.23 Å². The Morgan fingerprint density at radius 3 is 2.72 bits per heavy atom. The van der Waals surface area contributed by atoms with E-state index < -0.39 is 38.3 Å². The van der Waals surface area contributed by atoms with Gasteiger partial charge >= 0.3 is 5.69 Å². The van der Waals surface area contributed by atoms with Crippen LogP contribution in [0.25, 0.3) is 4.85 Å². The van der Waals surface area contributed by atoms with Gasteiger partial charge in [0.1, 0.15) is 30.2 Å². The number of aromatic nitrogens is 2. The summed E-state index contributed by atoms with van der Waals surface area (Å²) in [5.41, 5.74) is -0.729. The summed E-state index contributed by atoms with van der Waals surface area (Å²) in [4.78, 5) is 33.3. The Morgan fingerprint density at radius 2 is 2.08 bits per heavy atom. The number of amides is 1. The Balaban J connectivity index is 1.59. The molecule has 210 valence electrons. The SMILES string of the molecule is [2H]C[C@@]12CO[C@@H]([C@H](n3cc(C)c(NC(=O)c4ccccc4)nc3=O)O1)[C@@H]2OP(OCC[N+]#[C-])N(C(C)C)C(C)C. The zero-order valence-corrected chi connectivity index (χ0v) is 23.8. The van der Waals surface area contributed by atoms with Crippen molar-refractivity contribution in [2.75, 3.05) is 25.1 Å². The van der Waals surface area contributed by atoms with Gasteiger partial charge in [0.2, 0.25) is 6.54 Å². The number of aryl methyl sites for hydroxylation is 1. The number of carbonyl (C=O) groups excluding carboxylic acids is 1. The number of nitrogens with zero attached hydrogens (tertiary/aromatic N) is 4. The normalized spacial score (nSPS) is 25.2. The van der Waals surface area contributed by atoms with Gasteiger partial charge in [-0.2, -0.15) is 4.98 Å². The lowest BCUT2D eigenvalue weighted by molar-refractivity contribution is -0.167. The second kappa shape index (κ2) is 12.2. The second-order valence-corrected chi connectivity index (χ2v) is 11.6. The van der Waals surface area contributed by atoms with Crippen LogP contribution in [0.1, 0.15) is 58.1 Å². The molecule has 2 aromatic rings. The minimum absolute atomic E-state index is 0.0933. The fraction of sp³-hybridized carbons (Fsp3) is 0.556. The number of hydrogen-bond donors (Lipinski definition) is 1. The summed E-state index contributed by atoms with van der Waals surface area (Å²) in [6.07, 6.45) is -0.681. The summed E-state index contributed by atoms with van der Waals surface area (Å²) < 4.78 is 36.8. The van der Waals surface area contributed by atoms with Gasteiger partial charge in [0, 0.05) is 30.8 Å². The molecule has 39 heavy (non-hydrogen) atoms. The minimum Gasteiger partial charge on any atom is -0.368 e. The van der Waals surface area contributed by atoms with Crippen LogP contribution in [0.15, 0.2) is 41.3 Å². The van der Waals surface area contributed by atoms with E-state index in [1.807, 2.05) is 33.8 Å². The predicted octanol–water partition coefficient (Wildman–Crippen LogP) is 4.16. The van der Waals surface area contributed by atoms with Crippen molar-refractivity contribution in [3.63, 3.8) is 0 Å². The Bertz CT molecular complexity index is 1280. The number of fused-ring (bicyclic) bond motifs is 2. The summed E-state index contributed by atoms with van der Waals surface area (Å²) in [6.45, 7) is 17.4. The van der Waals surface area contributed by atoms with Gasteiger partial charge in [0.05, 0.1) is 6.61 Å². The maximum atomic E-state index is 13.2. The molecule has 2 bridgehead atoms. The van der Waals surface area contributed by atoms with Crippen LogP contribution in [0, 0.1) is 13.5 Å². The summed E-state index contributed by atoms with van der Waals surface area (Å²) in [6, 6.07) is 8.85. The number of ether oxygens (including phenoxy) is 2. The molecule has 1 aromatic carbocycles. The number of hydrogen-bond acceptors (Lipinski definition) is 8. The third-order valence-electron chi connectivity index (χ3n) is 6.51. The second-order valence-electron chi connectivity index (χ2n) is 10.2. The van der Waals surface area contributed by atoms with Crippen LogP contribution in [-0.4, -0.2) is 69.8 Å². The minimum atomic E-state index is -1.62. The van der Waals surface area contributed by atoms with Crippen LogP contribution >= 0.6 is 8.53 Å². The topological polar surface area (TPSA) is 109 Å². The Kier molecular flexibility index (Phi) is 8.72. The molecule has 2 saturated heterocycles. The van der Waals surface area contributed by atoms with Crippen LogP contribution in [0.4, 0.5) is 5.82 Å². The number of benzene rings is 1. The molecule has 5 atom stereocenters. The third kappa shape index (κ3) is 6.22. The van der Waals surface area contributed by atoms with E-state index in [0.29, 0.717) is 11.1 Å². The van der Waals surface area contributed by atoms with E-state index in [1.54, 1.807) is 37.4 Å². The van der Waals surface area contributed by atoms with Crippen molar-refractivity contribution in [3.05, 3.63) is 69.6 Å². The van der Waals surface area contributed by atoms with Gasteiger partial charge in [-0.1, -0.05) is 18.2 Å². The molecule has 0 spiro atoms. The summed E-state index contributed by atoms with van der Waals surface area (Å²) in [7, 11) is -1.62. The van der Waals surface area contributed by atoms with Crippen LogP contribution in [-0.2, 0) is 18.5 Å². The predicted molar refractivity (Wildman–Crippen MR) is 147 cm³/mol. The van der Waals surface area contributed by atoms with Crippen molar-refractivity contribution in [2.45, 2.75) is 77.6 Å². The first kappa shape index (κ1) is 27.8. The van der Waals surface area contributed by atoms with Gasteiger partial charge < -0.3 is 28.7 Å². The standard InChI is InChI=1S/C27H36N5O6P/c1-17(2)32(18(3)4)39(36-14-13-28-7)38-22-21-25(37-27(22,6)16-35-21)31-15-19(5)23(30-26(31)34)29-24(33)20-11-9-8-10-12-20/h8-12,15,17-18,21-22,25H,13-14,16H2,1-6H3,(H,29,30,33,34)/t21-,22+,25-,27+,39?/m1/s1/i6D. The molecular formula is C27H36N5O6P. The first-order valence-electron chi connectivity index (χ1n) is 13.6. The fourth-order valence-corrected chi connectivity index (χ4v) is 6.55. The molecular weight excluding hydrogens is 521 g/mol. The van der Waals surface area contributed by atoms with Crippen LogP contribution < -0.4 is 11.0 Å². The van der Waals surface area contributed by atoms with E-state index >= 15 is 0 Å². The molecule has 1 aromatic heterocycles. The largest absolute Gasteiger partial charge is 0.368 e. The van der Waals surface area contributed by atoms with Gasteiger partial charge in [-0.25, -0.2) is 16.0 Å². The molecule has 0 aliphatic carbocycles. The first-order valence-corrected chi connectivity index (χ1v) is 14.0. The van der Waals surface area contributed by atoms with Crippen molar-refractivity contribution >= 4 is 20.3 Å². The van der Waals surface area contributed by atoms with Crippen LogP contribution in [0.3, 0.4) is 0 Å². The highest BCUT2D eigenvalue weighted by molar-refractivity contribution is 7.44. The molecule has 11 nitrogen and oxygen atoms in total. The molecule has 3 heterocycles. The molecule has 1 unspecified atom stereocenters. The van der Waals surface area contributed by atoms with Crippen molar-refractivity contribution in [2.24, 2.45) is 0 Å². The van der Waals surface area contributed by atoms with Crippen LogP contribution in [0.5, 0.6) is 0 Å². The summed E-state index contributed by atoms with van der Waals surface area (Å²) >= 11 is 0. The van der Waals surface area contributed by atoms with E-state index in [0.717, 1.165) is 0 Å². The Labute approximate surface area is 231 Å². The fourth-order valence-electron chi connectivity index (χ4n) is 4.75. The molecule has 0 saturated carbocycles. The maximum Gasteiger partial charge on any atom is 0.351 e. The summed E-state index contributed by atoms with van der Waals surface area (Å²) in [5.74, 6) is -0.218. The maximum absolute atomic E-state index is 13.2. The van der Waals surface area contributed by atoms with E-state index in [4.69, 9.17) is 26.5 Å². The van der Waals surface area contributed by atoms with Crippen molar-refractivity contribution in [3.8, 4) is 0 Å². The summed E-state index contributed by atoms with van der Waals surface area (Å²) in [5, 5.41) is 2.70. The number of anilines is 1. The highest BCUT2D eigenvalue weighted by Gasteiger charge is 2.62. The van der Waals surface area contributed by atoms with Crippen LogP contribution in [0.2, 0.25) is 0 Å². The zero-order valence-electron chi connectivity index (χ0n) is 23.9. The molecule has 4 rings (SSSR count). The molecule has 0 radical (unpaired) electrons. The number of rotatable bonds is 11. The molecule has 1 N–H and O–H groups in total. The highest BCUT2D eigenvalue weighted by Crippen LogP contribution is 2.54. The molecule has 2 fully saturated rings. The molecule has 2 aliphatic rings. The number of nitrogens with one attached hydrogen (secondary N) is 1. The zero-order chi connectivity index (χ0) is 29.0. The van der Waals surface area contributed by atoms with Gasteiger partial charge in [-0.15, -0.1) is 0 Å².